The minimum Gasteiger partial charge on any atom is -0.384 e. The van der Waals surface area contributed by atoms with Gasteiger partial charge in [-0.3, -0.25) is 4.79 Å². The second kappa shape index (κ2) is 4.75. The SMILES string of the molecule is CC(C)OC1CCN(C(=O)[C@H](C)O)C1. The maximum Gasteiger partial charge on any atom is 0.251 e. The van der Waals surface area contributed by atoms with Gasteiger partial charge in [-0.15, -0.1) is 0 Å². The van der Waals surface area contributed by atoms with E-state index < -0.39 is 6.10 Å². The fourth-order valence-corrected chi connectivity index (χ4v) is 1.69. The predicted molar refractivity (Wildman–Crippen MR) is 52.9 cm³/mol. The zero-order valence-electron chi connectivity index (χ0n) is 9.06. The molecule has 1 rings (SSSR count). The molecule has 0 aromatic carbocycles. The summed E-state index contributed by atoms with van der Waals surface area (Å²) in [5.74, 6) is -0.195. The summed E-state index contributed by atoms with van der Waals surface area (Å²) in [6, 6.07) is 0. The summed E-state index contributed by atoms with van der Waals surface area (Å²) in [4.78, 5) is 13.1. The Hall–Kier alpha value is -0.610. The molecule has 1 amide bonds. The van der Waals surface area contributed by atoms with Gasteiger partial charge in [0, 0.05) is 13.1 Å². The standard InChI is InChI=1S/C10H19NO3/c1-7(2)14-9-4-5-11(6-9)10(13)8(3)12/h7-9,12H,4-6H2,1-3H3/t8-,9?/m0/s1. The molecule has 1 aliphatic heterocycles. The van der Waals surface area contributed by atoms with Gasteiger partial charge >= 0.3 is 0 Å². The lowest BCUT2D eigenvalue weighted by atomic mass is 10.3. The predicted octanol–water partition coefficient (Wildman–Crippen LogP) is 0.393. The van der Waals surface area contributed by atoms with E-state index in [4.69, 9.17) is 9.84 Å². The lowest BCUT2D eigenvalue weighted by Crippen LogP contribution is -2.37. The molecule has 0 radical (unpaired) electrons. The number of carbonyl (C=O) groups is 1. The van der Waals surface area contributed by atoms with Gasteiger partial charge < -0.3 is 14.7 Å². The normalized spacial score (nSPS) is 24.4. The maximum atomic E-state index is 11.4. The van der Waals surface area contributed by atoms with E-state index in [1.807, 2.05) is 13.8 Å². The van der Waals surface area contributed by atoms with E-state index >= 15 is 0 Å². The van der Waals surface area contributed by atoms with E-state index in [2.05, 4.69) is 0 Å². The average Bonchev–Trinajstić information content (AvgIpc) is 2.50. The number of hydrogen-bond donors (Lipinski definition) is 1. The molecule has 14 heavy (non-hydrogen) atoms. The van der Waals surface area contributed by atoms with Crippen molar-refractivity contribution < 1.29 is 14.6 Å². The Balaban J connectivity index is 2.37. The number of aliphatic hydroxyl groups excluding tert-OH is 1. The van der Waals surface area contributed by atoms with Crippen LogP contribution in [0.15, 0.2) is 0 Å². The van der Waals surface area contributed by atoms with Crippen LogP contribution in [0.1, 0.15) is 27.2 Å². The minimum absolute atomic E-state index is 0.137. The first-order chi connectivity index (χ1) is 6.50. The lowest BCUT2D eigenvalue weighted by molar-refractivity contribution is -0.138. The first-order valence-electron chi connectivity index (χ1n) is 5.13. The van der Waals surface area contributed by atoms with Crippen molar-refractivity contribution in [1.29, 1.82) is 0 Å². The van der Waals surface area contributed by atoms with E-state index in [9.17, 15) is 4.79 Å². The highest BCUT2D eigenvalue weighted by atomic mass is 16.5. The highest BCUT2D eigenvalue weighted by Crippen LogP contribution is 2.15. The number of amides is 1. The summed E-state index contributed by atoms with van der Waals surface area (Å²) in [5.41, 5.74) is 0. The quantitative estimate of drug-likeness (QED) is 0.718. The Morgan fingerprint density at radius 3 is 2.64 bits per heavy atom. The number of aliphatic hydroxyl groups is 1. The van der Waals surface area contributed by atoms with Crippen LogP contribution in [-0.2, 0) is 9.53 Å². The molecule has 82 valence electrons. The molecule has 0 saturated carbocycles. The molecule has 1 heterocycles. The largest absolute Gasteiger partial charge is 0.384 e. The van der Waals surface area contributed by atoms with Crippen LogP contribution in [-0.4, -0.2) is 47.3 Å². The Morgan fingerprint density at radius 1 is 1.50 bits per heavy atom. The third kappa shape index (κ3) is 2.96. The molecule has 4 nitrogen and oxygen atoms in total. The van der Waals surface area contributed by atoms with Crippen molar-refractivity contribution in [3.05, 3.63) is 0 Å². The number of hydrogen-bond acceptors (Lipinski definition) is 3. The second-order valence-electron chi connectivity index (χ2n) is 4.06. The van der Waals surface area contributed by atoms with Crippen LogP contribution < -0.4 is 0 Å². The van der Waals surface area contributed by atoms with Crippen LogP contribution in [0.2, 0.25) is 0 Å². The third-order valence-electron chi connectivity index (χ3n) is 2.28. The molecule has 4 heteroatoms. The van der Waals surface area contributed by atoms with E-state index in [1.54, 1.807) is 4.90 Å². The van der Waals surface area contributed by atoms with Crippen LogP contribution in [0.4, 0.5) is 0 Å². The first-order valence-corrected chi connectivity index (χ1v) is 5.13. The fourth-order valence-electron chi connectivity index (χ4n) is 1.69. The van der Waals surface area contributed by atoms with E-state index in [0.717, 1.165) is 6.42 Å². The Morgan fingerprint density at radius 2 is 2.14 bits per heavy atom. The molecular weight excluding hydrogens is 182 g/mol. The molecule has 0 spiro atoms. The van der Waals surface area contributed by atoms with Crippen LogP contribution in [0.5, 0.6) is 0 Å². The summed E-state index contributed by atoms with van der Waals surface area (Å²) in [5, 5.41) is 9.12. The first kappa shape index (κ1) is 11.5. The Labute approximate surface area is 84.8 Å². The molecule has 1 unspecified atom stereocenters. The highest BCUT2D eigenvalue weighted by Gasteiger charge is 2.28. The van der Waals surface area contributed by atoms with Crippen LogP contribution in [0.3, 0.4) is 0 Å². The van der Waals surface area contributed by atoms with Crippen molar-refractivity contribution in [2.75, 3.05) is 13.1 Å². The summed E-state index contributed by atoms with van der Waals surface area (Å²) in [6.45, 7) is 6.78. The lowest BCUT2D eigenvalue weighted by Gasteiger charge is -2.19. The van der Waals surface area contributed by atoms with Gasteiger partial charge in [0.1, 0.15) is 6.10 Å². The maximum absolute atomic E-state index is 11.4. The molecular formula is C10H19NO3. The number of carbonyl (C=O) groups excluding carboxylic acids is 1. The van der Waals surface area contributed by atoms with Crippen molar-refractivity contribution in [2.24, 2.45) is 0 Å². The third-order valence-corrected chi connectivity index (χ3v) is 2.28. The molecule has 1 saturated heterocycles. The Kier molecular flexibility index (Phi) is 3.89. The highest BCUT2D eigenvalue weighted by molar-refractivity contribution is 5.80. The Bertz CT molecular complexity index is 204. The fraction of sp³-hybridized carbons (Fsp3) is 0.900. The number of nitrogens with zero attached hydrogens (tertiary/aromatic N) is 1. The van der Waals surface area contributed by atoms with Gasteiger partial charge in [0.15, 0.2) is 0 Å². The second-order valence-corrected chi connectivity index (χ2v) is 4.06. The topological polar surface area (TPSA) is 49.8 Å². The van der Waals surface area contributed by atoms with Gasteiger partial charge in [0.2, 0.25) is 0 Å². The summed E-state index contributed by atoms with van der Waals surface area (Å²) < 4.78 is 5.60. The molecule has 0 aromatic heterocycles. The summed E-state index contributed by atoms with van der Waals surface area (Å²) in [7, 11) is 0. The van der Waals surface area contributed by atoms with Gasteiger partial charge in [-0.05, 0) is 27.2 Å². The number of rotatable bonds is 3. The number of ether oxygens (including phenoxy) is 1. The average molecular weight is 201 g/mol. The van der Waals surface area contributed by atoms with Crippen molar-refractivity contribution in [3.8, 4) is 0 Å². The van der Waals surface area contributed by atoms with E-state index in [-0.39, 0.29) is 18.1 Å². The van der Waals surface area contributed by atoms with Gasteiger partial charge in [0.25, 0.3) is 5.91 Å². The zero-order valence-corrected chi connectivity index (χ0v) is 9.06. The molecule has 1 fully saturated rings. The smallest absolute Gasteiger partial charge is 0.251 e. The van der Waals surface area contributed by atoms with Crippen LogP contribution >= 0.6 is 0 Å². The molecule has 1 aliphatic rings. The van der Waals surface area contributed by atoms with Gasteiger partial charge in [-0.25, -0.2) is 0 Å². The monoisotopic (exact) mass is 201 g/mol. The minimum atomic E-state index is -0.896. The van der Waals surface area contributed by atoms with Gasteiger partial charge in [-0.2, -0.15) is 0 Å². The number of likely N-dealkylation sites (tertiary alicyclic amines) is 1. The summed E-state index contributed by atoms with van der Waals surface area (Å²) in [6.07, 6.45) is 0.309. The van der Waals surface area contributed by atoms with Crippen molar-refractivity contribution in [3.63, 3.8) is 0 Å². The molecule has 0 aliphatic carbocycles. The van der Waals surface area contributed by atoms with Crippen LogP contribution in [0.25, 0.3) is 0 Å². The molecule has 0 aromatic rings. The van der Waals surface area contributed by atoms with Crippen molar-refractivity contribution >= 4 is 5.91 Å². The van der Waals surface area contributed by atoms with Crippen molar-refractivity contribution in [2.45, 2.75) is 45.5 Å². The van der Waals surface area contributed by atoms with E-state index in [1.165, 1.54) is 6.92 Å². The zero-order chi connectivity index (χ0) is 10.7. The van der Waals surface area contributed by atoms with Crippen molar-refractivity contribution in [1.82, 2.24) is 4.90 Å². The molecule has 0 bridgehead atoms. The van der Waals surface area contributed by atoms with Crippen LogP contribution in [0, 0.1) is 0 Å². The van der Waals surface area contributed by atoms with Gasteiger partial charge in [-0.1, -0.05) is 0 Å². The van der Waals surface area contributed by atoms with E-state index in [0.29, 0.717) is 13.1 Å². The van der Waals surface area contributed by atoms with Gasteiger partial charge in [0.05, 0.1) is 12.2 Å². The molecule has 2 atom stereocenters. The molecule has 1 N–H and O–H groups in total. The summed E-state index contributed by atoms with van der Waals surface area (Å²) >= 11 is 0.